The first-order valence-corrected chi connectivity index (χ1v) is 10.9. The fourth-order valence-electron chi connectivity index (χ4n) is 3.70. The average molecular weight is 501 g/mol. The summed E-state index contributed by atoms with van der Waals surface area (Å²) in [5, 5.41) is 11.7. The van der Waals surface area contributed by atoms with Crippen LogP contribution in [0.25, 0.3) is 5.76 Å². The largest absolute Gasteiger partial charge is 0.507 e. The zero-order chi connectivity index (χ0) is 22.1. The van der Waals surface area contributed by atoms with Crippen LogP contribution in [0.3, 0.4) is 0 Å². The highest BCUT2D eigenvalue weighted by Crippen LogP contribution is 2.40. The predicted octanol–water partition coefficient (Wildman–Crippen LogP) is 5.67. The van der Waals surface area contributed by atoms with Crippen LogP contribution in [-0.2, 0) is 16.0 Å². The third-order valence-corrected chi connectivity index (χ3v) is 6.48. The molecule has 3 aromatic rings. The van der Waals surface area contributed by atoms with E-state index in [0.717, 1.165) is 15.6 Å². The van der Waals surface area contributed by atoms with Gasteiger partial charge < -0.3 is 14.4 Å². The Bertz CT molecular complexity index is 1170. The molecule has 1 saturated heterocycles. The van der Waals surface area contributed by atoms with Gasteiger partial charge in [-0.25, -0.2) is 0 Å². The Morgan fingerprint density at radius 1 is 1.16 bits per heavy atom. The first kappa shape index (κ1) is 21.4. The third-order valence-electron chi connectivity index (χ3n) is 5.34. The topological polar surface area (TPSA) is 70.8 Å². The SMILES string of the molecule is Cc1cc(/C(O)=C2/C(=O)C(=O)N(CCc3ccc(Cl)cc3)C2c2ccco2)ccc1Br. The first-order valence-electron chi connectivity index (χ1n) is 9.69. The fourth-order valence-corrected chi connectivity index (χ4v) is 4.07. The van der Waals surface area contributed by atoms with Crippen LogP contribution in [0.1, 0.15) is 28.5 Å². The zero-order valence-electron chi connectivity index (χ0n) is 16.6. The Kier molecular flexibility index (Phi) is 6.03. The van der Waals surface area contributed by atoms with E-state index in [2.05, 4.69) is 15.9 Å². The number of carbonyl (C=O) groups is 2. The Morgan fingerprint density at radius 3 is 2.55 bits per heavy atom. The lowest BCUT2D eigenvalue weighted by molar-refractivity contribution is -0.140. The summed E-state index contributed by atoms with van der Waals surface area (Å²) in [5.74, 6) is -1.18. The highest BCUT2D eigenvalue weighted by molar-refractivity contribution is 9.10. The molecule has 0 bridgehead atoms. The number of rotatable bonds is 5. The van der Waals surface area contributed by atoms with Crippen molar-refractivity contribution in [1.29, 1.82) is 0 Å². The molecule has 1 aliphatic rings. The summed E-state index contributed by atoms with van der Waals surface area (Å²) in [6, 6.07) is 15.2. The number of aliphatic hydroxyl groups excluding tert-OH is 1. The molecule has 0 saturated carbocycles. The molecule has 0 radical (unpaired) electrons. The minimum atomic E-state index is -0.800. The maximum atomic E-state index is 13.0. The highest BCUT2D eigenvalue weighted by Gasteiger charge is 2.47. The smallest absolute Gasteiger partial charge is 0.295 e. The summed E-state index contributed by atoms with van der Waals surface area (Å²) in [7, 11) is 0. The number of aryl methyl sites for hydroxylation is 1. The molecule has 1 aliphatic heterocycles. The van der Waals surface area contributed by atoms with Gasteiger partial charge in [0.25, 0.3) is 11.7 Å². The molecule has 1 aromatic heterocycles. The van der Waals surface area contributed by atoms with Gasteiger partial charge in [-0.05, 0) is 60.9 Å². The lowest BCUT2D eigenvalue weighted by Crippen LogP contribution is -2.31. The lowest BCUT2D eigenvalue weighted by Gasteiger charge is -2.23. The van der Waals surface area contributed by atoms with E-state index >= 15 is 0 Å². The van der Waals surface area contributed by atoms with E-state index in [0.29, 0.717) is 22.8 Å². The molecule has 1 atom stereocenters. The monoisotopic (exact) mass is 499 g/mol. The molecule has 4 rings (SSSR count). The molecule has 158 valence electrons. The van der Waals surface area contributed by atoms with Crippen molar-refractivity contribution in [3.63, 3.8) is 0 Å². The standard InChI is InChI=1S/C24H19BrClNO4/c1-14-13-16(6-9-18(14)25)22(28)20-21(19-3-2-12-31-19)27(24(30)23(20)29)11-10-15-4-7-17(26)8-5-15/h2-9,12-13,21,28H,10-11H2,1H3/b22-20-. The van der Waals surface area contributed by atoms with E-state index in [9.17, 15) is 14.7 Å². The number of benzene rings is 2. The van der Waals surface area contributed by atoms with Crippen molar-refractivity contribution in [2.24, 2.45) is 0 Å². The van der Waals surface area contributed by atoms with Crippen LogP contribution in [0.4, 0.5) is 0 Å². The minimum absolute atomic E-state index is 0.0257. The van der Waals surface area contributed by atoms with E-state index in [1.54, 1.807) is 42.5 Å². The number of amides is 1. The zero-order valence-corrected chi connectivity index (χ0v) is 19.0. The molecule has 2 aromatic carbocycles. The summed E-state index contributed by atoms with van der Waals surface area (Å²) < 4.78 is 6.44. The van der Waals surface area contributed by atoms with Crippen LogP contribution < -0.4 is 0 Å². The summed E-state index contributed by atoms with van der Waals surface area (Å²) in [6.45, 7) is 2.17. The number of Topliss-reactive ketones (excluding diaryl/α,β-unsaturated/α-hetero) is 1. The molecule has 0 aliphatic carbocycles. The lowest BCUT2D eigenvalue weighted by atomic mass is 9.98. The Balaban J connectivity index is 1.74. The van der Waals surface area contributed by atoms with Gasteiger partial charge in [-0.15, -0.1) is 0 Å². The summed E-state index contributed by atoms with van der Waals surface area (Å²) >= 11 is 9.38. The van der Waals surface area contributed by atoms with Gasteiger partial charge in [-0.1, -0.05) is 45.7 Å². The Labute approximate surface area is 193 Å². The van der Waals surface area contributed by atoms with E-state index in [-0.39, 0.29) is 17.9 Å². The quantitative estimate of drug-likeness (QED) is 0.278. The molecule has 5 nitrogen and oxygen atoms in total. The molecule has 1 unspecified atom stereocenters. The van der Waals surface area contributed by atoms with E-state index < -0.39 is 17.7 Å². The maximum absolute atomic E-state index is 13.0. The van der Waals surface area contributed by atoms with Gasteiger partial charge in [0.2, 0.25) is 0 Å². The first-order chi connectivity index (χ1) is 14.9. The van der Waals surface area contributed by atoms with Crippen molar-refractivity contribution in [3.8, 4) is 0 Å². The molecule has 1 fully saturated rings. The number of halogens is 2. The van der Waals surface area contributed by atoms with Crippen LogP contribution in [0.15, 0.2) is 75.3 Å². The van der Waals surface area contributed by atoms with Crippen LogP contribution in [-0.4, -0.2) is 28.2 Å². The van der Waals surface area contributed by atoms with Gasteiger partial charge in [0, 0.05) is 21.6 Å². The number of hydrogen-bond acceptors (Lipinski definition) is 4. The van der Waals surface area contributed by atoms with Crippen molar-refractivity contribution in [1.82, 2.24) is 4.90 Å². The molecular weight excluding hydrogens is 482 g/mol. The molecular formula is C24H19BrClNO4. The van der Waals surface area contributed by atoms with E-state index in [1.807, 2.05) is 19.1 Å². The van der Waals surface area contributed by atoms with Crippen molar-refractivity contribution >= 4 is 45.0 Å². The number of ketones is 1. The Hall–Kier alpha value is -2.83. The van der Waals surface area contributed by atoms with Crippen LogP contribution in [0.2, 0.25) is 5.02 Å². The van der Waals surface area contributed by atoms with Crippen molar-refractivity contribution in [2.45, 2.75) is 19.4 Å². The number of nitrogens with zero attached hydrogens (tertiary/aromatic N) is 1. The summed E-state index contributed by atoms with van der Waals surface area (Å²) in [6.07, 6.45) is 2.01. The number of aliphatic hydroxyl groups is 1. The second-order valence-electron chi connectivity index (χ2n) is 7.35. The molecule has 1 N–H and O–H groups in total. The number of furan rings is 1. The summed E-state index contributed by atoms with van der Waals surface area (Å²) in [5.41, 5.74) is 2.37. The number of hydrogen-bond donors (Lipinski definition) is 1. The number of carbonyl (C=O) groups excluding carboxylic acids is 2. The van der Waals surface area contributed by atoms with Gasteiger partial charge in [0.05, 0.1) is 11.8 Å². The second kappa shape index (κ2) is 8.73. The van der Waals surface area contributed by atoms with Gasteiger partial charge in [0.1, 0.15) is 17.6 Å². The second-order valence-corrected chi connectivity index (χ2v) is 8.64. The van der Waals surface area contributed by atoms with E-state index in [4.69, 9.17) is 16.0 Å². The molecule has 1 amide bonds. The van der Waals surface area contributed by atoms with Crippen molar-refractivity contribution in [2.75, 3.05) is 6.54 Å². The molecule has 31 heavy (non-hydrogen) atoms. The van der Waals surface area contributed by atoms with Crippen LogP contribution in [0.5, 0.6) is 0 Å². The predicted molar refractivity (Wildman–Crippen MR) is 122 cm³/mol. The van der Waals surface area contributed by atoms with Crippen molar-refractivity contribution in [3.05, 3.63) is 98.4 Å². The molecule has 2 heterocycles. The average Bonchev–Trinajstić information content (AvgIpc) is 3.37. The van der Waals surface area contributed by atoms with Crippen LogP contribution >= 0.6 is 27.5 Å². The van der Waals surface area contributed by atoms with E-state index in [1.165, 1.54) is 11.2 Å². The van der Waals surface area contributed by atoms with Gasteiger partial charge in [0.15, 0.2) is 0 Å². The van der Waals surface area contributed by atoms with Crippen molar-refractivity contribution < 1.29 is 19.1 Å². The fraction of sp³-hybridized carbons (Fsp3) is 0.167. The third kappa shape index (κ3) is 4.18. The normalized spacial score (nSPS) is 18.0. The maximum Gasteiger partial charge on any atom is 0.295 e. The Morgan fingerprint density at radius 2 is 1.90 bits per heavy atom. The minimum Gasteiger partial charge on any atom is -0.507 e. The van der Waals surface area contributed by atoms with Gasteiger partial charge >= 0.3 is 0 Å². The number of likely N-dealkylation sites (tertiary alicyclic amines) is 1. The molecule has 0 spiro atoms. The summed E-state index contributed by atoms with van der Waals surface area (Å²) in [4.78, 5) is 27.3. The van der Waals surface area contributed by atoms with Crippen LogP contribution in [0, 0.1) is 6.92 Å². The highest BCUT2D eigenvalue weighted by atomic mass is 79.9. The van der Waals surface area contributed by atoms with Gasteiger partial charge in [-0.2, -0.15) is 0 Å². The van der Waals surface area contributed by atoms with Gasteiger partial charge in [-0.3, -0.25) is 9.59 Å². The molecule has 7 heteroatoms.